The minimum Gasteiger partial charge on any atom is -0.492 e. The van der Waals surface area contributed by atoms with E-state index in [2.05, 4.69) is 26.2 Å². The van der Waals surface area contributed by atoms with Crippen LogP contribution in [0.25, 0.3) is 10.2 Å². The molecule has 2 aromatic carbocycles. The number of para-hydroxylation sites is 1. The van der Waals surface area contributed by atoms with Crippen LogP contribution in [-0.2, 0) is 0 Å². The van der Waals surface area contributed by atoms with Crippen LogP contribution in [0.4, 0.5) is 5.13 Å². The van der Waals surface area contributed by atoms with Crippen molar-refractivity contribution >= 4 is 48.4 Å². The van der Waals surface area contributed by atoms with E-state index in [0.717, 1.165) is 25.6 Å². The third-order valence-electron chi connectivity index (χ3n) is 3.25. The highest BCUT2D eigenvalue weighted by atomic mass is 79.9. The number of fused-ring (bicyclic) bond motifs is 1. The molecule has 3 rings (SSSR count). The van der Waals surface area contributed by atoms with E-state index in [9.17, 15) is 4.79 Å². The second-order valence-corrected chi connectivity index (χ2v) is 6.78. The standard InChI is InChI=1S/C17H15BrN2O2S/c1-2-22-14-4-3-5-15-16(14)20-17(23-15)19-10-13(21)11-6-8-12(18)9-7-11/h3-9H,2,10H2,1H3,(H,19,20). The highest BCUT2D eigenvalue weighted by molar-refractivity contribution is 9.10. The van der Waals surface area contributed by atoms with E-state index in [4.69, 9.17) is 4.74 Å². The molecule has 1 aromatic heterocycles. The summed E-state index contributed by atoms with van der Waals surface area (Å²) in [5.74, 6) is 0.801. The molecule has 0 aliphatic carbocycles. The number of rotatable bonds is 6. The number of carbonyl (C=O) groups is 1. The molecule has 23 heavy (non-hydrogen) atoms. The molecule has 0 fully saturated rings. The minimum atomic E-state index is 0.0294. The lowest BCUT2D eigenvalue weighted by molar-refractivity contribution is 0.101. The number of nitrogens with zero attached hydrogens (tertiary/aromatic N) is 1. The quantitative estimate of drug-likeness (QED) is 0.616. The Balaban J connectivity index is 1.73. The summed E-state index contributed by atoms with van der Waals surface area (Å²) in [7, 11) is 0. The molecule has 0 saturated carbocycles. The Morgan fingerprint density at radius 1 is 1.26 bits per heavy atom. The molecule has 0 spiro atoms. The van der Waals surface area contributed by atoms with Crippen molar-refractivity contribution in [3.05, 3.63) is 52.5 Å². The Hall–Kier alpha value is -1.92. The Labute approximate surface area is 146 Å². The van der Waals surface area contributed by atoms with Crippen molar-refractivity contribution in [2.24, 2.45) is 0 Å². The zero-order chi connectivity index (χ0) is 16.2. The van der Waals surface area contributed by atoms with E-state index in [-0.39, 0.29) is 12.3 Å². The zero-order valence-electron chi connectivity index (χ0n) is 12.5. The number of thiazole rings is 1. The summed E-state index contributed by atoms with van der Waals surface area (Å²) in [6, 6.07) is 13.2. The lowest BCUT2D eigenvalue weighted by atomic mass is 10.1. The molecule has 0 atom stereocenters. The Bertz CT molecular complexity index is 830. The van der Waals surface area contributed by atoms with Crippen LogP contribution in [0.2, 0.25) is 0 Å². The van der Waals surface area contributed by atoms with E-state index in [1.807, 2.05) is 37.3 Å². The molecule has 1 N–H and O–H groups in total. The number of carbonyl (C=O) groups excluding carboxylic acids is 1. The first kappa shape index (κ1) is 16.0. The second kappa shape index (κ2) is 7.10. The lowest BCUT2D eigenvalue weighted by Gasteiger charge is -2.03. The molecule has 0 unspecified atom stereocenters. The van der Waals surface area contributed by atoms with Crippen LogP contribution in [-0.4, -0.2) is 23.9 Å². The molecular formula is C17H15BrN2O2S. The van der Waals surface area contributed by atoms with Crippen LogP contribution < -0.4 is 10.1 Å². The van der Waals surface area contributed by atoms with Crippen molar-refractivity contribution in [2.75, 3.05) is 18.5 Å². The van der Waals surface area contributed by atoms with Gasteiger partial charge < -0.3 is 10.1 Å². The molecular weight excluding hydrogens is 376 g/mol. The fourth-order valence-electron chi connectivity index (χ4n) is 2.16. The Morgan fingerprint density at radius 2 is 2.04 bits per heavy atom. The first-order valence-electron chi connectivity index (χ1n) is 7.22. The molecule has 0 bridgehead atoms. The number of hydrogen-bond donors (Lipinski definition) is 1. The lowest BCUT2D eigenvalue weighted by Crippen LogP contribution is -2.13. The number of Topliss-reactive ketones (excluding diaryl/α,β-unsaturated/α-hetero) is 1. The van der Waals surface area contributed by atoms with Gasteiger partial charge in [-0.05, 0) is 31.2 Å². The summed E-state index contributed by atoms with van der Waals surface area (Å²) in [5.41, 5.74) is 1.51. The van der Waals surface area contributed by atoms with Gasteiger partial charge in [0.15, 0.2) is 10.9 Å². The van der Waals surface area contributed by atoms with Gasteiger partial charge in [0.1, 0.15) is 11.3 Å². The largest absolute Gasteiger partial charge is 0.492 e. The number of halogens is 1. The van der Waals surface area contributed by atoms with Crippen molar-refractivity contribution in [1.82, 2.24) is 4.98 Å². The third kappa shape index (κ3) is 3.71. The molecule has 4 nitrogen and oxygen atoms in total. The van der Waals surface area contributed by atoms with Crippen LogP contribution in [0.1, 0.15) is 17.3 Å². The van der Waals surface area contributed by atoms with Gasteiger partial charge in [-0.1, -0.05) is 45.5 Å². The number of benzene rings is 2. The summed E-state index contributed by atoms with van der Waals surface area (Å²) < 4.78 is 7.58. The van der Waals surface area contributed by atoms with Gasteiger partial charge in [0, 0.05) is 10.0 Å². The zero-order valence-corrected chi connectivity index (χ0v) is 14.9. The number of aromatic nitrogens is 1. The SMILES string of the molecule is CCOc1cccc2sc(NCC(=O)c3ccc(Br)cc3)nc12. The molecule has 0 radical (unpaired) electrons. The Morgan fingerprint density at radius 3 is 2.78 bits per heavy atom. The van der Waals surface area contributed by atoms with Crippen molar-refractivity contribution in [3.63, 3.8) is 0 Å². The maximum absolute atomic E-state index is 12.2. The highest BCUT2D eigenvalue weighted by Crippen LogP contribution is 2.32. The molecule has 0 saturated heterocycles. The van der Waals surface area contributed by atoms with Crippen molar-refractivity contribution in [3.8, 4) is 5.75 Å². The van der Waals surface area contributed by atoms with E-state index in [1.54, 1.807) is 12.1 Å². The van der Waals surface area contributed by atoms with Gasteiger partial charge in [-0.15, -0.1) is 0 Å². The normalized spacial score (nSPS) is 10.7. The molecule has 3 aromatic rings. The fourth-order valence-corrected chi connectivity index (χ4v) is 3.31. The minimum absolute atomic E-state index is 0.0294. The molecule has 0 aliphatic heterocycles. The second-order valence-electron chi connectivity index (χ2n) is 4.84. The predicted molar refractivity (Wildman–Crippen MR) is 97.8 cm³/mol. The molecule has 0 amide bonds. The average Bonchev–Trinajstić information content (AvgIpc) is 2.98. The molecule has 6 heteroatoms. The first-order valence-corrected chi connectivity index (χ1v) is 8.83. The maximum atomic E-state index is 12.2. The number of anilines is 1. The fraction of sp³-hybridized carbons (Fsp3) is 0.176. The van der Waals surface area contributed by atoms with Gasteiger partial charge in [0.05, 0.1) is 17.9 Å². The van der Waals surface area contributed by atoms with Gasteiger partial charge in [-0.2, -0.15) is 0 Å². The maximum Gasteiger partial charge on any atom is 0.184 e. The topological polar surface area (TPSA) is 51.2 Å². The molecule has 0 aliphatic rings. The first-order chi connectivity index (χ1) is 11.2. The Kier molecular flexibility index (Phi) is 4.93. The smallest absolute Gasteiger partial charge is 0.184 e. The van der Waals surface area contributed by atoms with Crippen LogP contribution in [0.3, 0.4) is 0 Å². The van der Waals surface area contributed by atoms with Gasteiger partial charge >= 0.3 is 0 Å². The molecule has 1 heterocycles. The van der Waals surface area contributed by atoms with Crippen molar-refractivity contribution < 1.29 is 9.53 Å². The average molecular weight is 391 g/mol. The summed E-state index contributed by atoms with van der Waals surface area (Å²) >= 11 is 4.88. The van der Waals surface area contributed by atoms with E-state index in [1.165, 1.54) is 11.3 Å². The highest BCUT2D eigenvalue weighted by Gasteiger charge is 2.11. The number of ether oxygens (including phenoxy) is 1. The van der Waals surface area contributed by atoms with E-state index < -0.39 is 0 Å². The van der Waals surface area contributed by atoms with E-state index >= 15 is 0 Å². The van der Waals surface area contributed by atoms with E-state index in [0.29, 0.717) is 12.2 Å². The molecule has 118 valence electrons. The van der Waals surface area contributed by atoms with Crippen molar-refractivity contribution in [2.45, 2.75) is 6.92 Å². The number of hydrogen-bond acceptors (Lipinski definition) is 5. The third-order valence-corrected chi connectivity index (χ3v) is 4.76. The van der Waals surface area contributed by atoms with Crippen LogP contribution >= 0.6 is 27.3 Å². The van der Waals surface area contributed by atoms with Gasteiger partial charge in [-0.3, -0.25) is 4.79 Å². The summed E-state index contributed by atoms with van der Waals surface area (Å²) in [4.78, 5) is 16.7. The van der Waals surface area contributed by atoms with Gasteiger partial charge in [0.2, 0.25) is 0 Å². The number of nitrogens with one attached hydrogen (secondary N) is 1. The summed E-state index contributed by atoms with van der Waals surface area (Å²) in [6.07, 6.45) is 0. The van der Waals surface area contributed by atoms with Crippen LogP contribution in [0, 0.1) is 0 Å². The summed E-state index contributed by atoms with van der Waals surface area (Å²) in [6.45, 7) is 2.76. The van der Waals surface area contributed by atoms with Crippen LogP contribution in [0.15, 0.2) is 46.9 Å². The monoisotopic (exact) mass is 390 g/mol. The van der Waals surface area contributed by atoms with Gasteiger partial charge in [0.25, 0.3) is 0 Å². The van der Waals surface area contributed by atoms with Gasteiger partial charge in [-0.25, -0.2) is 4.98 Å². The van der Waals surface area contributed by atoms with Crippen LogP contribution in [0.5, 0.6) is 5.75 Å². The summed E-state index contributed by atoms with van der Waals surface area (Å²) in [5, 5.41) is 3.83. The predicted octanol–water partition coefficient (Wildman–Crippen LogP) is 4.75. The number of ketones is 1. The van der Waals surface area contributed by atoms with Crippen molar-refractivity contribution in [1.29, 1.82) is 0 Å².